The van der Waals surface area contributed by atoms with Gasteiger partial charge < -0.3 is 14.4 Å². The summed E-state index contributed by atoms with van der Waals surface area (Å²) >= 11 is 0. The summed E-state index contributed by atoms with van der Waals surface area (Å²) < 4.78 is 11.0. The van der Waals surface area contributed by atoms with Gasteiger partial charge in [-0.3, -0.25) is 5.32 Å². The van der Waals surface area contributed by atoms with Gasteiger partial charge in [0.15, 0.2) is 0 Å². The molecule has 1 aromatic carbocycles. The van der Waals surface area contributed by atoms with Crippen molar-refractivity contribution in [3.8, 4) is 5.75 Å². The summed E-state index contributed by atoms with van der Waals surface area (Å²) in [7, 11) is 0. The predicted molar refractivity (Wildman–Crippen MR) is 104 cm³/mol. The number of rotatable bonds is 10. The first-order chi connectivity index (χ1) is 11.8. The molecule has 1 fully saturated rings. The lowest BCUT2D eigenvalue weighted by molar-refractivity contribution is 0.154. The van der Waals surface area contributed by atoms with Gasteiger partial charge in [-0.1, -0.05) is 31.9 Å². The van der Waals surface area contributed by atoms with Crippen LogP contribution in [0.15, 0.2) is 24.3 Å². The van der Waals surface area contributed by atoms with E-state index in [4.69, 9.17) is 9.47 Å². The predicted octanol–water partition coefficient (Wildman–Crippen LogP) is 4.71. The van der Waals surface area contributed by atoms with Crippen molar-refractivity contribution in [2.75, 3.05) is 38.2 Å². The third-order valence-electron chi connectivity index (χ3n) is 4.18. The highest BCUT2D eigenvalue weighted by Crippen LogP contribution is 2.24. The normalized spacial score (nSPS) is 14.0. The quantitative estimate of drug-likeness (QED) is 0.606. The van der Waals surface area contributed by atoms with Crippen molar-refractivity contribution in [2.24, 2.45) is 0 Å². The molecular weight excluding hydrogens is 340 g/mol. The molecule has 1 aromatic rings. The second-order valence-corrected chi connectivity index (χ2v) is 6.21. The Morgan fingerprint density at radius 1 is 1.12 bits per heavy atom. The van der Waals surface area contributed by atoms with Crippen LogP contribution in [0.1, 0.15) is 45.4 Å². The fraction of sp³-hybridized carbons (Fsp3) is 0.632. The van der Waals surface area contributed by atoms with E-state index >= 15 is 0 Å². The van der Waals surface area contributed by atoms with E-state index in [1.165, 1.54) is 25.9 Å². The molecule has 1 aliphatic rings. The first-order valence-corrected chi connectivity index (χ1v) is 9.17. The van der Waals surface area contributed by atoms with Gasteiger partial charge in [0.25, 0.3) is 0 Å². The third kappa shape index (κ3) is 8.45. The molecule has 0 radical (unpaired) electrons. The minimum Gasteiger partial charge on any atom is -0.491 e. The number of carbonyl (C=O) groups is 1. The maximum atomic E-state index is 11.9. The SMILES string of the molecule is CCCCCOc1ccccc1NC(=O)OCCCN1CCCC1.Cl. The Kier molecular flexibility index (Phi) is 11.1. The number of para-hydroxylation sites is 2. The maximum Gasteiger partial charge on any atom is 0.411 e. The number of nitrogens with zero attached hydrogens (tertiary/aromatic N) is 1. The van der Waals surface area contributed by atoms with E-state index in [0.717, 1.165) is 32.2 Å². The van der Waals surface area contributed by atoms with Crippen molar-refractivity contribution in [1.82, 2.24) is 4.90 Å². The molecular formula is C19H31ClN2O3. The van der Waals surface area contributed by atoms with Gasteiger partial charge >= 0.3 is 6.09 Å². The minimum atomic E-state index is -0.416. The summed E-state index contributed by atoms with van der Waals surface area (Å²) in [6, 6.07) is 7.49. The van der Waals surface area contributed by atoms with E-state index in [2.05, 4.69) is 17.1 Å². The second kappa shape index (κ2) is 12.8. The Morgan fingerprint density at radius 3 is 2.64 bits per heavy atom. The first-order valence-electron chi connectivity index (χ1n) is 9.17. The monoisotopic (exact) mass is 370 g/mol. The highest BCUT2D eigenvalue weighted by molar-refractivity contribution is 5.86. The molecule has 1 N–H and O–H groups in total. The summed E-state index contributed by atoms with van der Waals surface area (Å²) in [6.45, 7) is 6.63. The number of carbonyl (C=O) groups excluding carboxylic acids is 1. The molecule has 6 heteroatoms. The first kappa shape index (κ1) is 21.6. The van der Waals surface area contributed by atoms with E-state index in [0.29, 0.717) is 24.7 Å². The van der Waals surface area contributed by atoms with Crippen molar-refractivity contribution in [3.63, 3.8) is 0 Å². The molecule has 1 saturated heterocycles. The number of hydrogen-bond acceptors (Lipinski definition) is 4. The summed E-state index contributed by atoms with van der Waals surface area (Å²) in [4.78, 5) is 14.4. The fourth-order valence-electron chi connectivity index (χ4n) is 2.84. The zero-order valence-corrected chi connectivity index (χ0v) is 16.0. The van der Waals surface area contributed by atoms with E-state index < -0.39 is 6.09 Å². The average molecular weight is 371 g/mol. The van der Waals surface area contributed by atoms with Gasteiger partial charge in [-0.15, -0.1) is 12.4 Å². The summed E-state index contributed by atoms with van der Waals surface area (Å²) in [6.07, 6.45) is 6.36. The number of likely N-dealkylation sites (tertiary alicyclic amines) is 1. The van der Waals surface area contributed by atoms with Crippen LogP contribution in [0.2, 0.25) is 0 Å². The highest BCUT2D eigenvalue weighted by atomic mass is 35.5. The largest absolute Gasteiger partial charge is 0.491 e. The molecule has 0 aromatic heterocycles. The molecule has 0 unspecified atom stereocenters. The van der Waals surface area contributed by atoms with Gasteiger partial charge in [0, 0.05) is 6.54 Å². The van der Waals surface area contributed by atoms with Crippen LogP contribution < -0.4 is 10.1 Å². The number of unbranched alkanes of at least 4 members (excludes halogenated alkanes) is 2. The summed E-state index contributed by atoms with van der Waals surface area (Å²) in [5, 5.41) is 2.78. The molecule has 1 amide bonds. The van der Waals surface area contributed by atoms with E-state index in [-0.39, 0.29) is 12.4 Å². The van der Waals surface area contributed by atoms with Gasteiger partial charge in [-0.25, -0.2) is 4.79 Å². The smallest absolute Gasteiger partial charge is 0.411 e. The molecule has 1 heterocycles. The van der Waals surface area contributed by atoms with Crippen LogP contribution in [0.25, 0.3) is 0 Å². The van der Waals surface area contributed by atoms with Crippen molar-refractivity contribution in [2.45, 2.75) is 45.4 Å². The number of ether oxygens (including phenoxy) is 2. The Hall–Kier alpha value is -1.46. The van der Waals surface area contributed by atoms with Crippen LogP contribution in [0, 0.1) is 0 Å². The number of halogens is 1. The Morgan fingerprint density at radius 2 is 1.88 bits per heavy atom. The van der Waals surface area contributed by atoms with Gasteiger partial charge in [0.05, 0.1) is 18.9 Å². The second-order valence-electron chi connectivity index (χ2n) is 6.21. The van der Waals surface area contributed by atoms with Crippen LogP contribution in [0.3, 0.4) is 0 Å². The number of hydrogen-bond donors (Lipinski definition) is 1. The Balaban J connectivity index is 0.00000312. The molecule has 0 bridgehead atoms. The van der Waals surface area contributed by atoms with Crippen LogP contribution in [0.5, 0.6) is 5.75 Å². The Bertz CT molecular complexity index is 493. The van der Waals surface area contributed by atoms with Crippen LogP contribution in [-0.4, -0.2) is 43.8 Å². The van der Waals surface area contributed by atoms with Crippen molar-refractivity contribution < 1.29 is 14.3 Å². The van der Waals surface area contributed by atoms with Crippen LogP contribution in [-0.2, 0) is 4.74 Å². The Labute approximate surface area is 157 Å². The molecule has 5 nitrogen and oxygen atoms in total. The molecule has 25 heavy (non-hydrogen) atoms. The van der Waals surface area contributed by atoms with E-state index in [1.807, 2.05) is 24.3 Å². The fourth-order valence-corrected chi connectivity index (χ4v) is 2.84. The van der Waals surface area contributed by atoms with E-state index in [1.54, 1.807) is 0 Å². The number of amides is 1. The van der Waals surface area contributed by atoms with Crippen LogP contribution >= 0.6 is 12.4 Å². The van der Waals surface area contributed by atoms with Crippen LogP contribution in [0.4, 0.5) is 10.5 Å². The zero-order chi connectivity index (χ0) is 17.0. The van der Waals surface area contributed by atoms with Gasteiger partial charge in [0.2, 0.25) is 0 Å². The van der Waals surface area contributed by atoms with Crippen molar-refractivity contribution in [3.05, 3.63) is 24.3 Å². The topological polar surface area (TPSA) is 50.8 Å². The third-order valence-corrected chi connectivity index (χ3v) is 4.18. The molecule has 142 valence electrons. The summed E-state index contributed by atoms with van der Waals surface area (Å²) in [5.74, 6) is 0.697. The van der Waals surface area contributed by atoms with Gasteiger partial charge in [-0.2, -0.15) is 0 Å². The number of nitrogens with one attached hydrogen (secondary N) is 1. The lowest BCUT2D eigenvalue weighted by Gasteiger charge is -2.15. The average Bonchev–Trinajstić information content (AvgIpc) is 3.10. The molecule has 0 spiro atoms. The van der Waals surface area contributed by atoms with Crippen molar-refractivity contribution >= 4 is 24.2 Å². The maximum absolute atomic E-state index is 11.9. The number of anilines is 1. The highest BCUT2D eigenvalue weighted by Gasteiger charge is 2.12. The molecule has 0 aliphatic carbocycles. The van der Waals surface area contributed by atoms with E-state index in [9.17, 15) is 4.79 Å². The molecule has 0 saturated carbocycles. The standard InChI is InChI=1S/C19H30N2O3.ClH/c1-2-3-8-15-23-18-11-5-4-10-17(18)20-19(22)24-16-9-14-21-12-6-7-13-21;/h4-5,10-11H,2-3,6-9,12-16H2,1H3,(H,20,22);1H. The molecule has 1 aliphatic heterocycles. The molecule has 0 atom stereocenters. The molecule has 2 rings (SSSR count). The van der Waals surface area contributed by atoms with Crippen molar-refractivity contribution in [1.29, 1.82) is 0 Å². The lowest BCUT2D eigenvalue weighted by Crippen LogP contribution is -2.23. The summed E-state index contributed by atoms with van der Waals surface area (Å²) in [5.41, 5.74) is 0.665. The minimum absolute atomic E-state index is 0. The lowest BCUT2D eigenvalue weighted by atomic mass is 10.2. The van der Waals surface area contributed by atoms with Gasteiger partial charge in [-0.05, 0) is 50.9 Å². The number of benzene rings is 1. The zero-order valence-electron chi connectivity index (χ0n) is 15.2. The van der Waals surface area contributed by atoms with Gasteiger partial charge in [0.1, 0.15) is 5.75 Å².